The molecule has 1 aliphatic heterocycles. The number of aliphatic hydroxyl groups is 1. The monoisotopic (exact) mass is 448 g/mol. The SMILES string of the molecule is COc1cccc(OC)c1/C(O)=C1\C(=O)C(=O)N(c2ccc(N(C)C)cc2)C1c1ccco1. The number of anilines is 2. The number of aliphatic hydroxyl groups excluding tert-OH is 1. The fourth-order valence-electron chi connectivity index (χ4n) is 3.95. The zero-order valence-corrected chi connectivity index (χ0v) is 18.7. The zero-order valence-electron chi connectivity index (χ0n) is 18.7. The third-order valence-electron chi connectivity index (χ3n) is 5.57. The number of amides is 1. The molecule has 0 bridgehead atoms. The summed E-state index contributed by atoms with van der Waals surface area (Å²) < 4.78 is 16.4. The maximum atomic E-state index is 13.2. The molecular weight excluding hydrogens is 424 g/mol. The van der Waals surface area contributed by atoms with Gasteiger partial charge in [-0.15, -0.1) is 0 Å². The molecule has 1 atom stereocenters. The smallest absolute Gasteiger partial charge is 0.300 e. The summed E-state index contributed by atoms with van der Waals surface area (Å²) in [5.41, 5.74) is 1.49. The number of hydrogen-bond donors (Lipinski definition) is 1. The van der Waals surface area contributed by atoms with E-state index < -0.39 is 23.5 Å². The van der Waals surface area contributed by atoms with E-state index in [4.69, 9.17) is 13.9 Å². The van der Waals surface area contributed by atoms with E-state index >= 15 is 0 Å². The summed E-state index contributed by atoms with van der Waals surface area (Å²) in [4.78, 5) is 29.7. The molecule has 1 N–H and O–H groups in total. The van der Waals surface area contributed by atoms with Gasteiger partial charge in [0.2, 0.25) is 0 Å². The fraction of sp³-hybridized carbons (Fsp3) is 0.200. The molecule has 8 heteroatoms. The average molecular weight is 448 g/mol. The van der Waals surface area contributed by atoms with Crippen LogP contribution in [0.2, 0.25) is 0 Å². The minimum Gasteiger partial charge on any atom is -0.506 e. The van der Waals surface area contributed by atoms with E-state index in [0.717, 1.165) is 5.69 Å². The lowest BCUT2D eigenvalue weighted by Gasteiger charge is -2.24. The molecule has 2 heterocycles. The van der Waals surface area contributed by atoms with Crippen molar-refractivity contribution in [2.45, 2.75) is 6.04 Å². The summed E-state index contributed by atoms with van der Waals surface area (Å²) in [6, 6.07) is 14.5. The average Bonchev–Trinajstić information content (AvgIpc) is 3.45. The molecular formula is C25H24N2O6. The third-order valence-corrected chi connectivity index (χ3v) is 5.57. The van der Waals surface area contributed by atoms with Gasteiger partial charge >= 0.3 is 0 Å². The molecule has 8 nitrogen and oxygen atoms in total. The first kappa shape index (κ1) is 22.0. The van der Waals surface area contributed by atoms with Crippen molar-refractivity contribution >= 4 is 28.8 Å². The van der Waals surface area contributed by atoms with Crippen LogP contribution in [0.4, 0.5) is 11.4 Å². The van der Waals surface area contributed by atoms with Crippen molar-refractivity contribution in [3.63, 3.8) is 0 Å². The van der Waals surface area contributed by atoms with Crippen LogP contribution in [0.5, 0.6) is 11.5 Å². The van der Waals surface area contributed by atoms with Gasteiger partial charge in [0.05, 0.1) is 26.1 Å². The van der Waals surface area contributed by atoms with Gasteiger partial charge in [-0.2, -0.15) is 0 Å². The largest absolute Gasteiger partial charge is 0.506 e. The Bertz CT molecular complexity index is 1190. The lowest BCUT2D eigenvalue weighted by atomic mass is 9.98. The van der Waals surface area contributed by atoms with Crippen LogP contribution in [0.1, 0.15) is 17.4 Å². The number of hydrogen-bond acceptors (Lipinski definition) is 7. The molecule has 170 valence electrons. The first-order chi connectivity index (χ1) is 15.9. The highest BCUT2D eigenvalue weighted by molar-refractivity contribution is 6.51. The first-order valence-electron chi connectivity index (χ1n) is 10.2. The fourth-order valence-corrected chi connectivity index (χ4v) is 3.95. The van der Waals surface area contributed by atoms with Gasteiger partial charge in [-0.1, -0.05) is 6.07 Å². The number of carbonyl (C=O) groups excluding carboxylic acids is 2. The number of ketones is 1. The molecule has 2 aromatic carbocycles. The van der Waals surface area contributed by atoms with Gasteiger partial charge in [0.25, 0.3) is 11.7 Å². The van der Waals surface area contributed by atoms with E-state index in [1.54, 1.807) is 42.5 Å². The Morgan fingerprint density at radius 1 is 0.970 bits per heavy atom. The summed E-state index contributed by atoms with van der Waals surface area (Å²) in [6.45, 7) is 0. The van der Waals surface area contributed by atoms with Gasteiger partial charge in [-0.3, -0.25) is 14.5 Å². The molecule has 1 saturated heterocycles. The van der Waals surface area contributed by atoms with Crippen molar-refractivity contribution in [3.05, 3.63) is 77.8 Å². The second-order valence-corrected chi connectivity index (χ2v) is 7.63. The molecule has 3 aromatic rings. The molecule has 33 heavy (non-hydrogen) atoms. The maximum Gasteiger partial charge on any atom is 0.300 e. The number of ether oxygens (including phenoxy) is 2. The molecule has 0 saturated carbocycles. The van der Waals surface area contributed by atoms with E-state index in [1.165, 1.54) is 25.4 Å². The molecule has 1 aliphatic rings. The van der Waals surface area contributed by atoms with Gasteiger partial charge in [-0.25, -0.2) is 0 Å². The lowest BCUT2D eigenvalue weighted by molar-refractivity contribution is -0.132. The summed E-state index contributed by atoms with van der Waals surface area (Å²) in [5.74, 6) is -1.08. The van der Waals surface area contributed by atoms with Crippen LogP contribution in [0.15, 0.2) is 70.9 Å². The summed E-state index contributed by atoms with van der Waals surface area (Å²) in [5, 5.41) is 11.4. The Labute approximate surface area is 191 Å². The Morgan fingerprint density at radius 3 is 2.12 bits per heavy atom. The molecule has 1 unspecified atom stereocenters. The molecule has 1 aromatic heterocycles. The Kier molecular flexibility index (Phi) is 5.83. The lowest BCUT2D eigenvalue weighted by Crippen LogP contribution is -2.29. The van der Waals surface area contributed by atoms with Crippen molar-refractivity contribution in [2.24, 2.45) is 0 Å². The topological polar surface area (TPSA) is 92.4 Å². The van der Waals surface area contributed by atoms with Crippen molar-refractivity contribution < 1.29 is 28.6 Å². The summed E-state index contributed by atoms with van der Waals surface area (Å²) >= 11 is 0. The quantitative estimate of drug-likeness (QED) is 0.346. The van der Waals surface area contributed by atoms with E-state index in [1.807, 2.05) is 31.1 Å². The number of Topliss-reactive ketones (excluding diaryl/α,β-unsaturated/α-hetero) is 1. The summed E-state index contributed by atoms with van der Waals surface area (Å²) in [6.07, 6.45) is 1.45. The van der Waals surface area contributed by atoms with Crippen LogP contribution in [-0.4, -0.2) is 45.1 Å². The maximum absolute atomic E-state index is 13.2. The van der Waals surface area contributed by atoms with E-state index in [-0.39, 0.29) is 11.1 Å². The van der Waals surface area contributed by atoms with Gasteiger partial charge in [-0.05, 0) is 48.5 Å². The highest BCUT2D eigenvalue weighted by atomic mass is 16.5. The number of carbonyl (C=O) groups is 2. The minimum absolute atomic E-state index is 0.116. The van der Waals surface area contributed by atoms with Gasteiger partial charge < -0.3 is 23.9 Å². The predicted molar refractivity (Wildman–Crippen MR) is 124 cm³/mol. The standard InChI is InChI=1S/C25H24N2O6/c1-26(2)15-10-12-16(13-11-15)27-22(19-9-6-14-33-19)21(24(29)25(27)30)23(28)20-17(31-3)7-5-8-18(20)32-4/h5-14,22,28H,1-4H3/b23-21+. The second-order valence-electron chi connectivity index (χ2n) is 7.63. The number of benzene rings is 2. The molecule has 0 spiro atoms. The van der Waals surface area contributed by atoms with Crippen molar-refractivity contribution in [2.75, 3.05) is 38.1 Å². The van der Waals surface area contributed by atoms with Gasteiger partial charge in [0.1, 0.15) is 34.6 Å². The van der Waals surface area contributed by atoms with Crippen molar-refractivity contribution in [3.8, 4) is 11.5 Å². The zero-order chi connectivity index (χ0) is 23.7. The van der Waals surface area contributed by atoms with Crippen LogP contribution >= 0.6 is 0 Å². The van der Waals surface area contributed by atoms with E-state index in [2.05, 4.69) is 0 Å². The van der Waals surface area contributed by atoms with E-state index in [0.29, 0.717) is 22.9 Å². The molecule has 0 radical (unpaired) electrons. The van der Waals surface area contributed by atoms with Crippen LogP contribution in [-0.2, 0) is 9.59 Å². The van der Waals surface area contributed by atoms with Gasteiger partial charge in [0, 0.05) is 25.5 Å². The van der Waals surface area contributed by atoms with Crippen molar-refractivity contribution in [1.29, 1.82) is 0 Å². The highest BCUT2D eigenvalue weighted by Gasteiger charge is 2.48. The molecule has 1 fully saturated rings. The van der Waals surface area contributed by atoms with Crippen molar-refractivity contribution in [1.82, 2.24) is 0 Å². The van der Waals surface area contributed by atoms with E-state index in [9.17, 15) is 14.7 Å². The predicted octanol–water partition coefficient (Wildman–Crippen LogP) is 3.99. The normalized spacial score (nSPS) is 17.3. The first-order valence-corrected chi connectivity index (χ1v) is 10.2. The number of rotatable bonds is 6. The van der Waals surface area contributed by atoms with Gasteiger partial charge in [0.15, 0.2) is 0 Å². The summed E-state index contributed by atoms with van der Waals surface area (Å²) in [7, 11) is 6.70. The second kappa shape index (κ2) is 8.74. The van der Waals surface area contributed by atoms with Crippen LogP contribution in [0.25, 0.3) is 5.76 Å². The highest BCUT2D eigenvalue weighted by Crippen LogP contribution is 2.45. The van der Waals surface area contributed by atoms with Crippen LogP contribution in [0, 0.1) is 0 Å². The number of nitrogens with zero attached hydrogens (tertiary/aromatic N) is 2. The molecule has 0 aliphatic carbocycles. The van der Waals surface area contributed by atoms with Crippen LogP contribution in [0.3, 0.4) is 0 Å². The molecule has 1 amide bonds. The Morgan fingerprint density at radius 2 is 1.61 bits per heavy atom. The third kappa shape index (κ3) is 3.69. The molecule has 4 rings (SSSR count). The number of methoxy groups -OCH3 is 2. The Hall–Kier alpha value is -4.20. The number of furan rings is 1. The minimum atomic E-state index is -0.972. The van der Waals surface area contributed by atoms with Crippen LogP contribution < -0.4 is 19.3 Å². The Balaban J connectivity index is 1.94.